The van der Waals surface area contributed by atoms with E-state index in [-0.39, 0.29) is 11.8 Å². The normalized spacial score (nSPS) is 15.2. The van der Waals surface area contributed by atoms with Crippen molar-refractivity contribution >= 4 is 38.5 Å². The highest BCUT2D eigenvalue weighted by molar-refractivity contribution is 7.22. The molecule has 3 rings (SSSR count). The van der Waals surface area contributed by atoms with Crippen molar-refractivity contribution in [3.63, 3.8) is 0 Å². The van der Waals surface area contributed by atoms with Gasteiger partial charge in [0.15, 0.2) is 5.13 Å². The lowest BCUT2D eigenvalue weighted by Crippen LogP contribution is -2.50. The Bertz CT molecular complexity index is 737. The Morgan fingerprint density at radius 1 is 1.11 bits per heavy atom. The largest absolute Gasteiger partial charge is 0.340 e. The van der Waals surface area contributed by atoms with Crippen LogP contribution in [0.3, 0.4) is 0 Å². The monoisotopic (exact) mass is 389 g/mol. The lowest BCUT2D eigenvalue weighted by atomic mass is 10.1. The number of amides is 2. The van der Waals surface area contributed by atoms with E-state index in [1.165, 1.54) is 11.3 Å². The molecule has 2 amide bonds. The third-order valence-corrected chi connectivity index (χ3v) is 5.68. The third-order valence-electron chi connectivity index (χ3n) is 4.73. The number of carbonyl (C=O) groups is 2. The number of piperazine rings is 1. The van der Waals surface area contributed by atoms with Gasteiger partial charge in [-0.05, 0) is 31.5 Å². The maximum atomic E-state index is 12.3. The smallest absolute Gasteiger partial charge is 0.240 e. The Morgan fingerprint density at radius 3 is 2.63 bits per heavy atom. The number of hydrogen-bond donors (Lipinski definition) is 2. The third kappa shape index (κ3) is 5.72. The van der Waals surface area contributed by atoms with E-state index in [0.29, 0.717) is 37.7 Å². The second kappa shape index (κ2) is 9.77. The van der Waals surface area contributed by atoms with Gasteiger partial charge in [0.05, 0.1) is 16.8 Å². The first kappa shape index (κ1) is 19.7. The van der Waals surface area contributed by atoms with Gasteiger partial charge in [-0.1, -0.05) is 29.9 Å². The number of hydrogen-bond acceptors (Lipinski definition) is 6. The molecule has 1 aromatic heterocycles. The zero-order valence-corrected chi connectivity index (χ0v) is 16.3. The Labute approximate surface area is 163 Å². The predicted octanol–water partition coefficient (Wildman–Crippen LogP) is 1.90. The van der Waals surface area contributed by atoms with Crippen LogP contribution >= 0.6 is 11.3 Å². The number of fused-ring (bicyclic) bond motifs is 1. The predicted molar refractivity (Wildman–Crippen MR) is 109 cm³/mol. The molecule has 1 aliphatic rings. The lowest BCUT2D eigenvalue weighted by molar-refractivity contribution is -0.133. The maximum absolute atomic E-state index is 12.3. The molecular formula is C19H27N5O2S. The molecule has 0 bridgehead atoms. The molecule has 0 unspecified atom stereocenters. The summed E-state index contributed by atoms with van der Waals surface area (Å²) >= 11 is 1.48. The molecule has 1 aromatic carbocycles. The number of nitrogens with zero attached hydrogens (tertiary/aromatic N) is 3. The van der Waals surface area contributed by atoms with Crippen LogP contribution in [-0.4, -0.2) is 65.9 Å². The van der Waals surface area contributed by atoms with Crippen molar-refractivity contribution in [1.29, 1.82) is 0 Å². The van der Waals surface area contributed by atoms with Gasteiger partial charge in [-0.15, -0.1) is 0 Å². The molecule has 1 saturated heterocycles. The molecule has 27 heavy (non-hydrogen) atoms. The van der Waals surface area contributed by atoms with Crippen LogP contribution in [0.2, 0.25) is 0 Å². The van der Waals surface area contributed by atoms with Crippen molar-refractivity contribution in [2.75, 3.05) is 44.6 Å². The SMILES string of the molecule is NCCCCCC(=O)N1CCN(CC(=O)Nc2nc3ccccc3s2)CC1. The molecule has 0 atom stereocenters. The highest BCUT2D eigenvalue weighted by atomic mass is 32.1. The second-order valence-corrected chi connectivity index (χ2v) is 7.82. The molecule has 1 aliphatic heterocycles. The molecule has 1 fully saturated rings. The van der Waals surface area contributed by atoms with Crippen LogP contribution in [-0.2, 0) is 9.59 Å². The van der Waals surface area contributed by atoms with Gasteiger partial charge >= 0.3 is 0 Å². The van der Waals surface area contributed by atoms with Gasteiger partial charge < -0.3 is 16.0 Å². The van der Waals surface area contributed by atoms with Crippen molar-refractivity contribution in [2.24, 2.45) is 5.73 Å². The van der Waals surface area contributed by atoms with Crippen molar-refractivity contribution < 1.29 is 9.59 Å². The summed E-state index contributed by atoms with van der Waals surface area (Å²) in [5, 5.41) is 3.52. The summed E-state index contributed by atoms with van der Waals surface area (Å²) < 4.78 is 1.06. The molecule has 0 aliphatic carbocycles. The number of unbranched alkanes of at least 4 members (excludes halogenated alkanes) is 2. The summed E-state index contributed by atoms with van der Waals surface area (Å²) in [6.45, 7) is 3.83. The number of nitrogens with two attached hydrogens (primary N) is 1. The summed E-state index contributed by atoms with van der Waals surface area (Å²) in [5.41, 5.74) is 6.37. The zero-order chi connectivity index (χ0) is 19.1. The Morgan fingerprint density at radius 2 is 1.89 bits per heavy atom. The van der Waals surface area contributed by atoms with Crippen LogP contribution < -0.4 is 11.1 Å². The number of carbonyl (C=O) groups excluding carboxylic acids is 2. The molecule has 3 N–H and O–H groups in total. The van der Waals surface area contributed by atoms with Crippen molar-refractivity contribution in [3.8, 4) is 0 Å². The first-order chi connectivity index (χ1) is 13.2. The fourth-order valence-electron chi connectivity index (χ4n) is 3.20. The van der Waals surface area contributed by atoms with Crippen LogP contribution in [0.4, 0.5) is 5.13 Å². The molecule has 0 radical (unpaired) electrons. The first-order valence-electron chi connectivity index (χ1n) is 9.51. The summed E-state index contributed by atoms with van der Waals surface area (Å²) in [6, 6.07) is 7.83. The number of thiazole rings is 1. The standard InChI is InChI=1S/C19H27N5O2S/c20-9-5-1-2-8-18(26)24-12-10-23(11-13-24)14-17(25)22-19-21-15-6-3-4-7-16(15)27-19/h3-4,6-7H,1-2,5,8-14,20H2,(H,21,22,25). The molecule has 7 nitrogen and oxygen atoms in total. The minimum atomic E-state index is -0.0596. The van der Waals surface area contributed by atoms with E-state index < -0.39 is 0 Å². The number of anilines is 1. The Hall–Kier alpha value is -2.03. The van der Waals surface area contributed by atoms with Gasteiger partial charge in [-0.25, -0.2) is 4.98 Å². The molecule has 2 heterocycles. The second-order valence-electron chi connectivity index (χ2n) is 6.79. The van der Waals surface area contributed by atoms with E-state index in [1.54, 1.807) is 0 Å². The van der Waals surface area contributed by atoms with Crippen LogP contribution in [0, 0.1) is 0 Å². The summed E-state index contributed by atoms with van der Waals surface area (Å²) in [6.07, 6.45) is 3.48. The highest BCUT2D eigenvalue weighted by Gasteiger charge is 2.22. The first-order valence-corrected chi connectivity index (χ1v) is 10.3. The van der Waals surface area contributed by atoms with E-state index in [0.717, 1.165) is 42.6 Å². The summed E-state index contributed by atoms with van der Waals surface area (Å²) in [7, 11) is 0. The fraction of sp³-hybridized carbons (Fsp3) is 0.526. The Balaban J connectivity index is 1.39. The lowest BCUT2D eigenvalue weighted by Gasteiger charge is -2.34. The van der Waals surface area contributed by atoms with Gasteiger partial charge in [0.2, 0.25) is 11.8 Å². The van der Waals surface area contributed by atoms with Crippen molar-refractivity contribution in [3.05, 3.63) is 24.3 Å². The van der Waals surface area contributed by atoms with Crippen LogP contribution in [0.1, 0.15) is 25.7 Å². The van der Waals surface area contributed by atoms with Crippen LogP contribution in [0.5, 0.6) is 0 Å². The average molecular weight is 390 g/mol. The van der Waals surface area contributed by atoms with E-state index >= 15 is 0 Å². The number of nitrogens with one attached hydrogen (secondary N) is 1. The molecule has 0 saturated carbocycles. The minimum Gasteiger partial charge on any atom is -0.340 e. The number of benzene rings is 1. The van der Waals surface area contributed by atoms with Crippen molar-refractivity contribution in [2.45, 2.75) is 25.7 Å². The topological polar surface area (TPSA) is 91.6 Å². The zero-order valence-electron chi connectivity index (χ0n) is 15.5. The average Bonchev–Trinajstić information content (AvgIpc) is 3.07. The number of para-hydroxylation sites is 1. The van der Waals surface area contributed by atoms with E-state index in [2.05, 4.69) is 15.2 Å². The summed E-state index contributed by atoms with van der Waals surface area (Å²) in [5.74, 6) is 0.154. The highest BCUT2D eigenvalue weighted by Crippen LogP contribution is 2.25. The molecular weight excluding hydrogens is 362 g/mol. The van der Waals surface area contributed by atoms with Crippen LogP contribution in [0.15, 0.2) is 24.3 Å². The van der Waals surface area contributed by atoms with Gasteiger partial charge in [0, 0.05) is 32.6 Å². The van der Waals surface area contributed by atoms with Crippen molar-refractivity contribution in [1.82, 2.24) is 14.8 Å². The van der Waals surface area contributed by atoms with Gasteiger partial charge in [-0.3, -0.25) is 14.5 Å². The van der Waals surface area contributed by atoms with Gasteiger partial charge in [0.25, 0.3) is 0 Å². The molecule has 0 spiro atoms. The quantitative estimate of drug-likeness (QED) is 0.673. The fourth-order valence-corrected chi connectivity index (χ4v) is 4.08. The maximum Gasteiger partial charge on any atom is 0.240 e. The summed E-state index contributed by atoms with van der Waals surface area (Å²) in [4.78, 5) is 32.9. The van der Waals surface area contributed by atoms with Gasteiger partial charge in [-0.2, -0.15) is 0 Å². The van der Waals surface area contributed by atoms with Crippen LogP contribution in [0.25, 0.3) is 10.2 Å². The Kier molecular flexibility index (Phi) is 7.14. The van der Waals surface area contributed by atoms with E-state index in [9.17, 15) is 9.59 Å². The number of rotatable bonds is 8. The molecule has 8 heteroatoms. The number of aromatic nitrogens is 1. The van der Waals surface area contributed by atoms with E-state index in [1.807, 2.05) is 29.2 Å². The molecule has 2 aromatic rings. The minimum absolute atomic E-state index is 0.0596. The van der Waals surface area contributed by atoms with E-state index in [4.69, 9.17) is 5.73 Å². The molecule has 146 valence electrons. The van der Waals surface area contributed by atoms with Gasteiger partial charge in [0.1, 0.15) is 0 Å².